The Morgan fingerprint density at radius 3 is 2.58 bits per heavy atom. The second-order valence-electron chi connectivity index (χ2n) is 1.95. The second-order valence-corrected chi connectivity index (χ2v) is 3.14. The molecule has 66 valence electrons. The van der Waals surface area contributed by atoms with Crippen molar-refractivity contribution in [2.24, 2.45) is 0 Å². The van der Waals surface area contributed by atoms with E-state index in [1.54, 1.807) is 6.26 Å². The van der Waals surface area contributed by atoms with Crippen LogP contribution in [-0.4, -0.2) is 11.2 Å². The number of halogens is 3. The van der Waals surface area contributed by atoms with Crippen LogP contribution in [0.5, 0.6) is 0 Å². The zero-order chi connectivity index (χ0) is 9.30. The monoisotopic (exact) mass is 210 g/mol. The molecule has 0 aromatic carbocycles. The molecule has 0 aliphatic rings. The van der Waals surface area contributed by atoms with E-state index in [1.807, 2.05) is 0 Å². The average molecular weight is 211 g/mol. The second kappa shape index (κ2) is 3.45. The first-order valence-electron chi connectivity index (χ1n) is 2.92. The van der Waals surface area contributed by atoms with Gasteiger partial charge in [0.15, 0.2) is 5.82 Å². The van der Waals surface area contributed by atoms with E-state index in [0.717, 1.165) is 11.8 Å². The normalized spacial score (nSPS) is 10.3. The van der Waals surface area contributed by atoms with Gasteiger partial charge in [-0.2, -0.15) is 9.37 Å². The molecule has 1 aromatic heterocycles. The van der Waals surface area contributed by atoms with Crippen LogP contribution in [-0.2, 0) is 0 Å². The molecule has 0 saturated carbocycles. The molecular formula is C6H5ClF2N2S. The Morgan fingerprint density at radius 1 is 1.50 bits per heavy atom. The summed E-state index contributed by atoms with van der Waals surface area (Å²) in [5, 5.41) is -0.0404. The third-order valence-electron chi connectivity index (χ3n) is 1.23. The van der Waals surface area contributed by atoms with Crippen LogP contribution < -0.4 is 5.73 Å². The average Bonchev–Trinajstić information content (AvgIpc) is 2.02. The van der Waals surface area contributed by atoms with Crippen LogP contribution in [0.1, 0.15) is 0 Å². The standard InChI is InChI=1S/C6H5ClF2N2S/c1-12-4-2(7)6(10)11-5(9)3(4)8/h1H3,(H2,10,11). The van der Waals surface area contributed by atoms with Crippen LogP contribution in [0.3, 0.4) is 0 Å². The molecule has 0 radical (unpaired) electrons. The van der Waals surface area contributed by atoms with Gasteiger partial charge >= 0.3 is 0 Å². The first kappa shape index (κ1) is 9.54. The molecule has 12 heavy (non-hydrogen) atoms. The molecule has 0 aliphatic heterocycles. The minimum absolute atomic E-state index is 0.0123. The molecule has 1 aromatic rings. The van der Waals surface area contributed by atoms with E-state index in [-0.39, 0.29) is 15.7 Å². The Morgan fingerprint density at radius 2 is 2.08 bits per heavy atom. The summed E-state index contributed by atoms with van der Waals surface area (Å²) in [5.41, 5.74) is 5.20. The largest absolute Gasteiger partial charge is 0.382 e. The van der Waals surface area contributed by atoms with E-state index >= 15 is 0 Å². The summed E-state index contributed by atoms with van der Waals surface area (Å²) in [6.45, 7) is 0. The maximum atomic E-state index is 12.8. The van der Waals surface area contributed by atoms with Gasteiger partial charge in [-0.05, 0) is 6.26 Å². The summed E-state index contributed by atoms with van der Waals surface area (Å²) in [4.78, 5) is 3.06. The summed E-state index contributed by atoms with van der Waals surface area (Å²) < 4.78 is 25.4. The fourth-order valence-electron chi connectivity index (χ4n) is 0.689. The number of nitrogens with zero attached hydrogens (tertiary/aromatic N) is 1. The molecule has 0 unspecified atom stereocenters. The molecule has 0 amide bonds. The van der Waals surface area contributed by atoms with Gasteiger partial charge in [0.1, 0.15) is 5.82 Å². The molecule has 0 aliphatic carbocycles. The minimum Gasteiger partial charge on any atom is -0.382 e. The van der Waals surface area contributed by atoms with Crippen molar-refractivity contribution in [3.05, 3.63) is 16.8 Å². The first-order valence-corrected chi connectivity index (χ1v) is 4.52. The number of thioether (sulfide) groups is 1. The number of hydrogen-bond donors (Lipinski definition) is 1. The third-order valence-corrected chi connectivity index (χ3v) is 2.51. The van der Waals surface area contributed by atoms with Crippen molar-refractivity contribution < 1.29 is 8.78 Å². The molecule has 1 heterocycles. The van der Waals surface area contributed by atoms with Gasteiger partial charge in [-0.3, -0.25) is 0 Å². The maximum absolute atomic E-state index is 12.8. The number of rotatable bonds is 1. The van der Waals surface area contributed by atoms with Crippen molar-refractivity contribution >= 4 is 29.2 Å². The highest BCUT2D eigenvalue weighted by Gasteiger charge is 2.16. The van der Waals surface area contributed by atoms with Crippen molar-refractivity contribution in [1.82, 2.24) is 4.98 Å². The number of aromatic nitrogens is 1. The highest BCUT2D eigenvalue weighted by molar-refractivity contribution is 7.98. The van der Waals surface area contributed by atoms with E-state index in [9.17, 15) is 8.78 Å². The van der Waals surface area contributed by atoms with Gasteiger partial charge in [0.25, 0.3) is 5.95 Å². The number of pyridine rings is 1. The molecule has 6 heteroatoms. The summed E-state index contributed by atoms with van der Waals surface area (Å²) in [6, 6.07) is 0. The van der Waals surface area contributed by atoms with Crippen LogP contribution in [0, 0.1) is 11.8 Å². The van der Waals surface area contributed by atoms with Crippen molar-refractivity contribution in [2.75, 3.05) is 12.0 Å². The predicted molar refractivity (Wildman–Crippen MR) is 45.4 cm³/mol. The third kappa shape index (κ3) is 1.47. The van der Waals surface area contributed by atoms with Gasteiger partial charge in [-0.1, -0.05) is 11.6 Å². The van der Waals surface area contributed by atoms with Crippen molar-refractivity contribution in [3.63, 3.8) is 0 Å². The van der Waals surface area contributed by atoms with Crippen LogP contribution in [0.15, 0.2) is 4.90 Å². The van der Waals surface area contributed by atoms with Gasteiger partial charge in [0, 0.05) is 0 Å². The Balaban J connectivity index is 3.42. The maximum Gasteiger partial charge on any atom is 0.252 e. The lowest BCUT2D eigenvalue weighted by molar-refractivity contribution is 0.465. The SMILES string of the molecule is CSc1c(F)c(F)nc(N)c1Cl. The lowest BCUT2D eigenvalue weighted by Gasteiger charge is -2.04. The number of hydrogen-bond acceptors (Lipinski definition) is 3. The van der Waals surface area contributed by atoms with Crippen molar-refractivity contribution in [2.45, 2.75) is 4.90 Å². The lowest BCUT2D eigenvalue weighted by Crippen LogP contribution is -2.00. The molecule has 0 fully saturated rings. The molecular weight excluding hydrogens is 206 g/mol. The highest BCUT2D eigenvalue weighted by atomic mass is 35.5. The lowest BCUT2D eigenvalue weighted by atomic mass is 10.4. The summed E-state index contributed by atoms with van der Waals surface area (Å²) in [6.07, 6.45) is 1.57. The Bertz CT molecular complexity index is 293. The number of nitrogen functional groups attached to an aromatic ring is 1. The van der Waals surface area contributed by atoms with Crippen LogP contribution in [0.4, 0.5) is 14.6 Å². The quantitative estimate of drug-likeness (QED) is 0.571. The van der Waals surface area contributed by atoms with Crippen LogP contribution in [0.2, 0.25) is 5.02 Å². The molecule has 0 atom stereocenters. The summed E-state index contributed by atoms with van der Waals surface area (Å²) in [7, 11) is 0. The van der Waals surface area contributed by atoms with Crippen LogP contribution in [0.25, 0.3) is 0 Å². The van der Waals surface area contributed by atoms with Crippen LogP contribution >= 0.6 is 23.4 Å². The van der Waals surface area contributed by atoms with E-state index < -0.39 is 11.8 Å². The Kier molecular flexibility index (Phi) is 2.74. The zero-order valence-electron chi connectivity index (χ0n) is 6.07. The Hall–Kier alpha value is -0.550. The fraction of sp³-hybridized carbons (Fsp3) is 0.167. The topological polar surface area (TPSA) is 38.9 Å². The van der Waals surface area contributed by atoms with E-state index in [0.29, 0.717) is 0 Å². The Labute approximate surface area is 77.1 Å². The zero-order valence-corrected chi connectivity index (χ0v) is 7.64. The van der Waals surface area contributed by atoms with E-state index in [4.69, 9.17) is 17.3 Å². The molecule has 0 saturated heterocycles. The van der Waals surface area contributed by atoms with E-state index in [1.165, 1.54) is 0 Å². The fourth-order valence-corrected chi connectivity index (χ4v) is 1.59. The van der Waals surface area contributed by atoms with Gasteiger partial charge in [0.2, 0.25) is 0 Å². The predicted octanol–water partition coefficient (Wildman–Crippen LogP) is 2.32. The van der Waals surface area contributed by atoms with Gasteiger partial charge in [0.05, 0.1) is 9.92 Å². The van der Waals surface area contributed by atoms with Crippen molar-refractivity contribution in [1.29, 1.82) is 0 Å². The highest BCUT2D eigenvalue weighted by Crippen LogP contribution is 2.32. The van der Waals surface area contributed by atoms with Gasteiger partial charge in [-0.15, -0.1) is 11.8 Å². The van der Waals surface area contributed by atoms with Gasteiger partial charge < -0.3 is 5.73 Å². The summed E-state index contributed by atoms with van der Waals surface area (Å²) >= 11 is 6.54. The molecule has 0 bridgehead atoms. The molecule has 2 N–H and O–H groups in total. The van der Waals surface area contributed by atoms with Gasteiger partial charge in [-0.25, -0.2) is 4.39 Å². The molecule has 1 rings (SSSR count). The smallest absolute Gasteiger partial charge is 0.252 e. The van der Waals surface area contributed by atoms with Crippen molar-refractivity contribution in [3.8, 4) is 0 Å². The number of nitrogens with two attached hydrogens (primary N) is 1. The first-order chi connectivity index (χ1) is 5.57. The molecule has 0 spiro atoms. The molecule has 2 nitrogen and oxygen atoms in total. The number of anilines is 1. The summed E-state index contributed by atoms with van der Waals surface area (Å²) in [5.74, 6) is -2.47. The minimum atomic E-state index is -1.22. The van der Waals surface area contributed by atoms with E-state index in [2.05, 4.69) is 4.98 Å².